The molecule has 2 fully saturated rings. The van der Waals surface area contributed by atoms with Crippen LogP contribution in [0.4, 0.5) is 4.39 Å². The number of morpholine rings is 2. The van der Waals surface area contributed by atoms with E-state index in [0.717, 1.165) is 54.4 Å². The summed E-state index contributed by atoms with van der Waals surface area (Å²) in [7, 11) is 0. The van der Waals surface area contributed by atoms with Gasteiger partial charge < -0.3 is 24.1 Å². The van der Waals surface area contributed by atoms with E-state index in [1.807, 2.05) is 42.5 Å². The van der Waals surface area contributed by atoms with Gasteiger partial charge in [0.15, 0.2) is 0 Å². The van der Waals surface area contributed by atoms with E-state index in [0.29, 0.717) is 32.0 Å². The smallest absolute Gasteiger partial charge is 0.201 e. The third-order valence-electron chi connectivity index (χ3n) is 6.80. The molecule has 3 heterocycles. The molecule has 3 aliphatic heterocycles. The second-order valence-electron chi connectivity index (χ2n) is 9.28. The maximum Gasteiger partial charge on any atom is 0.201 e. The molecule has 0 saturated carbocycles. The first-order valence-corrected chi connectivity index (χ1v) is 11.9. The summed E-state index contributed by atoms with van der Waals surface area (Å²) >= 11 is 0. The van der Waals surface area contributed by atoms with Crippen molar-refractivity contribution in [3.05, 3.63) is 77.9 Å². The zero-order valence-electron chi connectivity index (χ0n) is 19.8. The normalized spacial score (nSPS) is 19.1. The third kappa shape index (κ3) is 4.42. The minimum absolute atomic E-state index is 0.243. The number of hydrogen-bond acceptors (Lipinski definition) is 6. The summed E-state index contributed by atoms with van der Waals surface area (Å²) in [5.74, 6) is 0.852. The van der Waals surface area contributed by atoms with Crippen molar-refractivity contribution in [3.63, 3.8) is 0 Å². The number of halogens is 1. The molecular formula is C27H31FN3O3. The molecule has 179 valence electrons. The molecule has 0 atom stereocenters. The van der Waals surface area contributed by atoms with Crippen LogP contribution in [0.15, 0.2) is 65.1 Å². The molecule has 2 aromatic carbocycles. The fraction of sp³-hybridized carbons (Fsp3) is 0.407. The maximum atomic E-state index is 15.3. The van der Waals surface area contributed by atoms with Gasteiger partial charge >= 0.3 is 0 Å². The predicted octanol–water partition coefficient (Wildman–Crippen LogP) is 4.19. The topological polar surface area (TPSA) is 46.5 Å². The summed E-state index contributed by atoms with van der Waals surface area (Å²) in [4.78, 5) is 10.3. The molecule has 1 radical (unpaired) electrons. The Labute approximate surface area is 200 Å². The van der Waals surface area contributed by atoms with E-state index in [2.05, 4.69) is 28.8 Å². The molecule has 34 heavy (non-hydrogen) atoms. The second-order valence-corrected chi connectivity index (χ2v) is 9.28. The lowest BCUT2D eigenvalue weighted by atomic mass is 9.76. The first-order valence-electron chi connectivity index (χ1n) is 11.9. The molecule has 0 bridgehead atoms. The number of oxime groups is 1. The molecule has 3 aliphatic rings. The number of hydrogen-bond donors (Lipinski definition) is 0. The van der Waals surface area contributed by atoms with E-state index in [1.165, 1.54) is 0 Å². The van der Waals surface area contributed by atoms with Gasteiger partial charge in [0.2, 0.25) is 6.61 Å². The number of nitrogens with zero attached hydrogens (tertiary/aromatic N) is 3. The molecule has 2 saturated heterocycles. The summed E-state index contributed by atoms with van der Waals surface area (Å²) < 4.78 is 26.5. The predicted molar refractivity (Wildman–Crippen MR) is 129 cm³/mol. The molecule has 0 N–H and O–H groups in total. The number of rotatable bonds is 5. The lowest BCUT2D eigenvalue weighted by Crippen LogP contribution is -2.47. The van der Waals surface area contributed by atoms with Gasteiger partial charge in [0.25, 0.3) is 0 Å². The van der Waals surface area contributed by atoms with E-state index in [4.69, 9.17) is 14.3 Å². The Kier molecular flexibility index (Phi) is 6.57. The Morgan fingerprint density at radius 1 is 0.882 bits per heavy atom. The SMILES string of the molecule is CC(C)(C1=NO[CH]C1=C(N1CCOCC1)N1CCOCC1)c1ccc(-c2ccccc2)c(F)c1. The van der Waals surface area contributed by atoms with Crippen molar-refractivity contribution in [1.82, 2.24) is 9.80 Å². The van der Waals surface area contributed by atoms with Gasteiger partial charge in [0.1, 0.15) is 17.3 Å². The molecule has 5 rings (SSSR count). The standard InChI is InChI=1S/C27H31FN3O3/c1-27(2,21-8-9-22(24(28)18-21)20-6-4-3-5-7-20)25-23(19-34-29-25)26(30-10-14-32-15-11-30)31-12-16-33-17-13-31/h3-9,18-19H,10-17H2,1-2H3. The average Bonchev–Trinajstić information content (AvgIpc) is 3.36. The summed E-state index contributed by atoms with van der Waals surface area (Å²) in [5.41, 5.74) is 3.48. The van der Waals surface area contributed by atoms with Crippen molar-refractivity contribution in [2.24, 2.45) is 5.16 Å². The van der Waals surface area contributed by atoms with Gasteiger partial charge in [-0.3, -0.25) is 0 Å². The Morgan fingerprint density at radius 3 is 2.09 bits per heavy atom. The van der Waals surface area contributed by atoms with Crippen molar-refractivity contribution in [2.45, 2.75) is 19.3 Å². The van der Waals surface area contributed by atoms with Crippen LogP contribution in [0.1, 0.15) is 19.4 Å². The van der Waals surface area contributed by atoms with E-state index < -0.39 is 5.41 Å². The van der Waals surface area contributed by atoms with Crippen molar-refractivity contribution < 1.29 is 18.7 Å². The molecular weight excluding hydrogens is 433 g/mol. The molecule has 0 unspecified atom stereocenters. The number of benzene rings is 2. The fourth-order valence-electron chi connectivity index (χ4n) is 4.83. The summed E-state index contributed by atoms with van der Waals surface area (Å²) in [5, 5.41) is 4.45. The van der Waals surface area contributed by atoms with Gasteiger partial charge in [-0.25, -0.2) is 4.39 Å². The maximum absolute atomic E-state index is 15.3. The highest BCUT2D eigenvalue weighted by Gasteiger charge is 2.39. The summed E-state index contributed by atoms with van der Waals surface area (Å²) in [6, 6.07) is 15.1. The van der Waals surface area contributed by atoms with Crippen LogP contribution in [0.25, 0.3) is 11.1 Å². The molecule has 0 spiro atoms. The van der Waals surface area contributed by atoms with Gasteiger partial charge in [0.05, 0.1) is 32.0 Å². The van der Waals surface area contributed by atoms with E-state index in [-0.39, 0.29) is 5.82 Å². The van der Waals surface area contributed by atoms with E-state index >= 15 is 4.39 Å². The highest BCUT2D eigenvalue weighted by molar-refractivity contribution is 6.09. The van der Waals surface area contributed by atoms with Crippen LogP contribution in [0.3, 0.4) is 0 Å². The summed E-state index contributed by atoms with van der Waals surface area (Å²) in [6.07, 6.45) is 0. The molecule has 6 nitrogen and oxygen atoms in total. The molecule has 0 aliphatic carbocycles. The monoisotopic (exact) mass is 464 g/mol. The zero-order valence-corrected chi connectivity index (χ0v) is 19.8. The van der Waals surface area contributed by atoms with Gasteiger partial charge in [0, 0.05) is 37.2 Å². The minimum atomic E-state index is -0.567. The number of ether oxygens (including phenoxy) is 2. The minimum Gasteiger partial charge on any atom is -0.383 e. The van der Waals surface area contributed by atoms with Crippen LogP contribution in [-0.4, -0.2) is 68.1 Å². The Hall–Kier alpha value is -2.90. The third-order valence-corrected chi connectivity index (χ3v) is 6.80. The molecule has 2 aromatic rings. The van der Waals surface area contributed by atoms with Crippen LogP contribution in [0, 0.1) is 12.4 Å². The Morgan fingerprint density at radius 2 is 1.50 bits per heavy atom. The van der Waals surface area contributed by atoms with Gasteiger partial charge in [-0.1, -0.05) is 61.5 Å². The lowest BCUT2D eigenvalue weighted by Gasteiger charge is -2.41. The highest BCUT2D eigenvalue weighted by atomic mass is 19.1. The first kappa shape index (κ1) is 22.9. The van der Waals surface area contributed by atoms with Crippen LogP contribution in [0.5, 0.6) is 0 Å². The first-order chi connectivity index (χ1) is 16.6. The van der Waals surface area contributed by atoms with Crippen molar-refractivity contribution in [3.8, 4) is 11.1 Å². The molecule has 7 heteroatoms. The Bertz CT molecular complexity index is 1050. The largest absolute Gasteiger partial charge is 0.383 e. The van der Waals surface area contributed by atoms with Gasteiger partial charge in [-0.2, -0.15) is 0 Å². The van der Waals surface area contributed by atoms with Gasteiger partial charge in [-0.05, 0) is 17.2 Å². The van der Waals surface area contributed by atoms with Gasteiger partial charge in [-0.15, -0.1) is 0 Å². The summed E-state index contributed by atoms with van der Waals surface area (Å²) in [6.45, 7) is 11.8. The van der Waals surface area contributed by atoms with E-state index in [1.54, 1.807) is 12.7 Å². The Balaban J connectivity index is 1.52. The highest BCUT2D eigenvalue weighted by Crippen LogP contribution is 2.37. The van der Waals surface area contributed by atoms with Crippen LogP contribution < -0.4 is 0 Å². The zero-order chi connectivity index (χ0) is 23.5. The second kappa shape index (κ2) is 9.76. The fourth-order valence-corrected chi connectivity index (χ4v) is 4.83. The van der Waals surface area contributed by atoms with Crippen LogP contribution in [0.2, 0.25) is 0 Å². The van der Waals surface area contributed by atoms with Crippen LogP contribution in [-0.2, 0) is 19.7 Å². The van der Waals surface area contributed by atoms with E-state index in [9.17, 15) is 0 Å². The average molecular weight is 465 g/mol. The van der Waals surface area contributed by atoms with Crippen molar-refractivity contribution in [2.75, 3.05) is 52.6 Å². The van der Waals surface area contributed by atoms with Crippen LogP contribution >= 0.6 is 0 Å². The van der Waals surface area contributed by atoms with Crippen molar-refractivity contribution >= 4 is 5.71 Å². The lowest BCUT2D eigenvalue weighted by molar-refractivity contribution is 0.00776. The quantitative estimate of drug-likeness (QED) is 0.664. The molecule has 0 aromatic heterocycles. The van der Waals surface area contributed by atoms with Crippen molar-refractivity contribution in [1.29, 1.82) is 0 Å². The molecule has 0 amide bonds.